The SMILES string of the molecule is Cn1cncc1-c1ccc2cnc(NC(=O)c3ccnc(NC4CCNCC4)c3)cc2c1. The summed E-state index contributed by atoms with van der Waals surface area (Å²) in [4.78, 5) is 25.8. The largest absolute Gasteiger partial charge is 0.367 e. The minimum absolute atomic E-state index is 0.213. The highest BCUT2D eigenvalue weighted by atomic mass is 16.1. The molecule has 0 bridgehead atoms. The smallest absolute Gasteiger partial charge is 0.257 e. The number of amides is 1. The van der Waals surface area contributed by atoms with Crippen molar-refractivity contribution in [3.8, 4) is 11.3 Å². The van der Waals surface area contributed by atoms with Crippen LogP contribution in [0.4, 0.5) is 11.6 Å². The van der Waals surface area contributed by atoms with Crippen molar-refractivity contribution in [2.45, 2.75) is 18.9 Å². The van der Waals surface area contributed by atoms with Gasteiger partial charge in [0, 0.05) is 42.0 Å². The Balaban J connectivity index is 1.34. The quantitative estimate of drug-likeness (QED) is 0.451. The van der Waals surface area contributed by atoms with E-state index in [0.29, 0.717) is 17.4 Å². The summed E-state index contributed by atoms with van der Waals surface area (Å²) in [5, 5.41) is 11.7. The van der Waals surface area contributed by atoms with E-state index in [0.717, 1.165) is 53.8 Å². The second-order valence-corrected chi connectivity index (χ2v) is 8.07. The molecule has 1 aliphatic rings. The van der Waals surface area contributed by atoms with Gasteiger partial charge in [-0.3, -0.25) is 4.79 Å². The standard InChI is InChI=1S/C24H25N7O/c1-31-15-26-14-21(31)16-2-3-18-13-28-23(12-19(18)10-16)30-24(32)17-4-9-27-22(11-17)29-20-5-7-25-8-6-20/h2-4,9-15,20,25H,5-8H2,1H3,(H,27,29)(H,28,30,32). The lowest BCUT2D eigenvalue weighted by Gasteiger charge is -2.24. The van der Waals surface area contributed by atoms with Crippen molar-refractivity contribution in [2.75, 3.05) is 23.7 Å². The fraction of sp³-hybridized carbons (Fsp3) is 0.250. The van der Waals surface area contributed by atoms with Gasteiger partial charge in [-0.15, -0.1) is 0 Å². The van der Waals surface area contributed by atoms with Gasteiger partial charge in [-0.05, 0) is 55.6 Å². The summed E-state index contributed by atoms with van der Waals surface area (Å²) in [6.45, 7) is 1.99. The van der Waals surface area contributed by atoms with Crippen LogP contribution in [0, 0.1) is 0 Å². The van der Waals surface area contributed by atoms with Crippen molar-refractivity contribution in [1.82, 2.24) is 24.8 Å². The van der Waals surface area contributed by atoms with Gasteiger partial charge >= 0.3 is 0 Å². The fourth-order valence-corrected chi connectivity index (χ4v) is 4.02. The number of aromatic nitrogens is 4. The van der Waals surface area contributed by atoms with Gasteiger partial charge in [-0.2, -0.15) is 0 Å². The maximum atomic E-state index is 12.9. The first-order chi connectivity index (χ1) is 15.7. The number of anilines is 2. The van der Waals surface area contributed by atoms with E-state index in [-0.39, 0.29) is 5.91 Å². The van der Waals surface area contributed by atoms with Gasteiger partial charge in [0.05, 0.1) is 18.2 Å². The molecular formula is C24H25N7O. The Labute approximate surface area is 186 Å². The minimum Gasteiger partial charge on any atom is -0.367 e. The highest BCUT2D eigenvalue weighted by Gasteiger charge is 2.15. The molecule has 0 saturated carbocycles. The van der Waals surface area contributed by atoms with Crippen LogP contribution in [0.3, 0.4) is 0 Å². The summed E-state index contributed by atoms with van der Waals surface area (Å²) < 4.78 is 1.98. The van der Waals surface area contributed by atoms with Crippen LogP contribution in [-0.2, 0) is 7.05 Å². The molecule has 3 aromatic heterocycles. The number of nitrogens with zero attached hydrogens (tertiary/aromatic N) is 4. The van der Waals surface area contributed by atoms with Gasteiger partial charge in [0.25, 0.3) is 5.91 Å². The maximum Gasteiger partial charge on any atom is 0.257 e. The highest BCUT2D eigenvalue weighted by molar-refractivity contribution is 6.05. The normalized spacial score (nSPS) is 14.4. The van der Waals surface area contributed by atoms with Crippen molar-refractivity contribution in [2.24, 2.45) is 7.05 Å². The number of carbonyl (C=O) groups is 1. The second kappa shape index (κ2) is 8.76. The van der Waals surface area contributed by atoms with Crippen LogP contribution in [0.2, 0.25) is 0 Å². The molecule has 4 heterocycles. The molecule has 1 saturated heterocycles. The monoisotopic (exact) mass is 427 g/mol. The number of pyridine rings is 2. The number of benzene rings is 1. The number of carbonyl (C=O) groups excluding carboxylic acids is 1. The van der Waals surface area contributed by atoms with Gasteiger partial charge < -0.3 is 20.5 Å². The van der Waals surface area contributed by atoms with Gasteiger partial charge in [0.2, 0.25) is 0 Å². The molecule has 162 valence electrons. The van der Waals surface area contributed by atoms with E-state index in [1.807, 2.05) is 36.0 Å². The summed E-state index contributed by atoms with van der Waals surface area (Å²) in [5.41, 5.74) is 2.63. The van der Waals surface area contributed by atoms with Crippen molar-refractivity contribution in [3.05, 3.63) is 66.9 Å². The topological polar surface area (TPSA) is 96.8 Å². The van der Waals surface area contributed by atoms with E-state index in [9.17, 15) is 4.79 Å². The van der Waals surface area contributed by atoms with Crippen molar-refractivity contribution >= 4 is 28.3 Å². The fourth-order valence-electron chi connectivity index (χ4n) is 4.02. The molecule has 5 rings (SSSR count). The predicted molar refractivity (Wildman–Crippen MR) is 126 cm³/mol. The minimum atomic E-state index is -0.213. The molecule has 1 fully saturated rings. The average Bonchev–Trinajstić information content (AvgIpc) is 3.25. The third-order valence-electron chi connectivity index (χ3n) is 5.79. The predicted octanol–water partition coefficient (Wildman–Crippen LogP) is 3.45. The van der Waals surface area contributed by atoms with Crippen LogP contribution in [0.5, 0.6) is 0 Å². The molecule has 8 nitrogen and oxygen atoms in total. The number of imidazole rings is 1. The first kappa shape index (κ1) is 20.1. The van der Waals surface area contributed by atoms with Crippen molar-refractivity contribution in [3.63, 3.8) is 0 Å². The zero-order chi connectivity index (χ0) is 21.9. The lowest BCUT2D eigenvalue weighted by molar-refractivity contribution is 0.102. The van der Waals surface area contributed by atoms with Crippen LogP contribution in [0.25, 0.3) is 22.0 Å². The Morgan fingerprint density at radius 2 is 1.91 bits per heavy atom. The zero-order valence-electron chi connectivity index (χ0n) is 17.9. The van der Waals surface area contributed by atoms with Gasteiger partial charge in [-0.1, -0.05) is 12.1 Å². The second-order valence-electron chi connectivity index (χ2n) is 8.07. The lowest BCUT2D eigenvalue weighted by Crippen LogP contribution is -2.35. The van der Waals surface area contributed by atoms with E-state index >= 15 is 0 Å². The highest BCUT2D eigenvalue weighted by Crippen LogP contribution is 2.25. The van der Waals surface area contributed by atoms with Crippen LogP contribution < -0.4 is 16.0 Å². The van der Waals surface area contributed by atoms with E-state index in [1.54, 1.807) is 30.9 Å². The molecule has 0 unspecified atom stereocenters. The summed E-state index contributed by atoms with van der Waals surface area (Å²) >= 11 is 0. The number of rotatable bonds is 5. The van der Waals surface area contributed by atoms with Gasteiger partial charge in [0.15, 0.2) is 0 Å². The van der Waals surface area contributed by atoms with Gasteiger partial charge in [-0.25, -0.2) is 15.0 Å². The van der Waals surface area contributed by atoms with E-state index < -0.39 is 0 Å². The first-order valence-corrected chi connectivity index (χ1v) is 10.8. The zero-order valence-corrected chi connectivity index (χ0v) is 17.9. The summed E-state index contributed by atoms with van der Waals surface area (Å²) in [5.74, 6) is 1.02. The van der Waals surface area contributed by atoms with Crippen molar-refractivity contribution in [1.29, 1.82) is 0 Å². The number of piperidine rings is 1. The van der Waals surface area contributed by atoms with Crippen LogP contribution in [0.15, 0.2) is 61.3 Å². The molecule has 0 spiro atoms. The Morgan fingerprint density at radius 3 is 2.72 bits per heavy atom. The summed E-state index contributed by atoms with van der Waals surface area (Å²) in [6, 6.07) is 11.9. The number of fused-ring (bicyclic) bond motifs is 1. The Morgan fingerprint density at radius 1 is 1.03 bits per heavy atom. The Kier molecular flexibility index (Phi) is 5.51. The molecular weight excluding hydrogens is 402 g/mol. The Bertz CT molecular complexity index is 1260. The molecule has 1 aromatic carbocycles. The van der Waals surface area contributed by atoms with Crippen LogP contribution in [-0.4, -0.2) is 44.6 Å². The summed E-state index contributed by atoms with van der Waals surface area (Å²) in [6.07, 6.45) is 9.13. The first-order valence-electron chi connectivity index (χ1n) is 10.8. The molecule has 0 aliphatic carbocycles. The molecule has 1 amide bonds. The molecule has 1 aliphatic heterocycles. The summed E-state index contributed by atoms with van der Waals surface area (Å²) in [7, 11) is 1.97. The molecule has 32 heavy (non-hydrogen) atoms. The van der Waals surface area contributed by atoms with E-state index in [2.05, 4.69) is 37.0 Å². The molecule has 0 atom stereocenters. The number of hydrogen-bond acceptors (Lipinski definition) is 6. The van der Waals surface area contributed by atoms with Gasteiger partial charge in [0.1, 0.15) is 11.6 Å². The van der Waals surface area contributed by atoms with Crippen LogP contribution in [0.1, 0.15) is 23.2 Å². The average molecular weight is 428 g/mol. The Hall–Kier alpha value is -3.78. The van der Waals surface area contributed by atoms with Crippen molar-refractivity contribution < 1.29 is 4.79 Å². The third-order valence-corrected chi connectivity index (χ3v) is 5.79. The molecule has 4 aromatic rings. The van der Waals surface area contributed by atoms with E-state index in [4.69, 9.17) is 0 Å². The molecule has 0 radical (unpaired) electrons. The number of hydrogen-bond donors (Lipinski definition) is 3. The lowest BCUT2D eigenvalue weighted by atomic mass is 10.1. The number of aryl methyl sites for hydroxylation is 1. The van der Waals surface area contributed by atoms with Crippen LogP contribution >= 0.6 is 0 Å². The molecule has 3 N–H and O–H groups in total. The third kappa shape index (κ3) is 4.31. The number of nitrogens with one attached hydrogen (secondary N) is 3. The van der Waals surface area contributed by atoms with E-state index in [1.165, 1.54) is 0 Å². The maximum absolute atomic E-state index is 12.9. The molecule has 8 heteroatoms.